The fraction of sp³-hybridized carbons (Fsp3) is 0.300. The topological polar surface area (TPSA) is 90.6 Å². The van der Waals surface area contributed by atoms with Crippen LogP contribution in [-0.2, 0) is 9.53 Å². The van der Waals surface area contributed by atoms with Gasteiger partial charge in [-0.25, -0.2) is 9.59 Å². The zero-order valence-corrected chi connectivity index (χ0v) is 15.4. The third-order valence-corrected chi connectivity index (χ3v) is 3.57. The van der Waals surface area contributed by atoms with E-state index < -0.39 is 23.6 Å². The van der Waals surface area contributed by atoms with Crippen LogP contribution in [0.25, 0.3) is 11.1 Å². The van der Waals surface area contributed by atoms with Gasteiger partial charge in [0.1, 0.15) is 11.4 Å². The molecular formula is C20H24N2O4. The third-order valence-electron chi connectivity index (χ3n) is 3.57. The van der Waals surface area contributed by atoms with Crippen molar-refractivity contribution in [2.75, 3.05) is 7.11 Å². The number of nitrogens with two attached hydrogens (primary N) is 1. The molecule has 0 spiro atoms. The SMILES string of the molecule is COc1cc(C(NC(N)=O)C(=O)OC(C)(C)C)ccc1-c1ccccc1. The average Bonchev–Trinajstić information content (AvgIpc) is 2.58. The summed E-state index contributed by atoms with van der Waals surface area (Å²) in [5, 5.41) is 2.44. The van der Waals surface area contributed by atoms with E-state index >= 15 is 0 Å². The van der Waals surface area contributed by atoms with Crippen LogP contribution in [-0.4, -0.2) is 24.7 Å². The molecule has 138 valence electrons. The van der Waals surface area contributed by atoms with Crippen LogP contribution in [0, 0.1) is 0 Å². The van der Waals surface area contributed by atoms with Gasteiger partial charge in [0.05, 0.1) is 7.11 Å². The number of rotatable bonds is 5. The monoisotopic (exact) mass is 356 g/mol. The first-order valence-electron chi connectivity index (χ1n) is 8.23. The predicted molar refractivity (Wildman–Crippen MR) is 99.7 cm³/mol. The molecule has 2 aromatic rings. The molecule has 0 fully saturated rings. The minimum atomic E-state index is -1.02. The highest BCUT2D eigenvalue weighted by atomic mass is 16.6. The van der Waals surface area contributed by atoms with Gasteiger partial charge in [0.25, 0.3) is 0 Å². The summed E-state index contributed by atoms with van der Waals surface area (Å²) in [6, 6.07) is 13.2. The lowest BCUT2D eigenvalue weighted by molar-refractivity contribution is -0.157. The minimum absolute atomic E-state index is 0.523. The van der Waals surface area contributed by atoms with E-state index in [4.69, 9.17) is 15.2 Å². The zero-order valence-electron chi connectivity index (χ0n) is 15.4. The lowest BCUT2D eigenvalue weighted by Crippen LogP contribution is -2.40. The molecule has 1 unspecified atom stereocenters. The van der Waals surface area contributed by atoms with Gasteiger partial charge in [0.15, 0.2) is 6.04 Å². The fourth-order valence-corrected chi connectivity index (χ4v) is 2.52. The van der Waals surface area contributed by atoms with Crippen LogP contribution in [0.1, 0.15) is 32.4 Å². The van der Waals surface area contributed by atoms with Crippen molar-refractivity contribution in [3.63, 3.8) is 0 Å². The van der Waals surface area contributed by atoms with Crippen molar-refractivity contribution in [3.8, 4) is 16.9 Å². The summed E-state index contributed by atoms with van der Waals surface area (Å²) < 4.78 is 10.9. The van der Waals surface area contributed by atoms with E-state index in [-0.39, 0.29) is 0 Å². The highest BCUT2D eigenvalue weighted by Crippen LogP contribution is 2.33. The molecule has 0 aliphatic rings. The van der Waals surface area contributed by atoms with Crippen LogP contribution in [0.3, 0.4) is 0 Å². The van der Waals surface area contributed by atoms with Crippen LogP contribution in [0.5, 0.6) is 5.75 Å². The second kappa shape index (κ2) is 7.91. The highest BCUT2D eigenvalue weighted by Gasteiger charge is 2.28. The van der Waals surface area contributed by atoms with Gasteiger partial charge >= 0.3 is 12.0 Å². The van der Waals surface area contributed by atoms with Crippen LogP contribution < -0.4 is 15.8 Å². The number of primary amides is 1. The fourth-order valence-electron chi connectivity index (χ4n) is 2.52. The Kier molecular flexibility index (Phi) is 5.87. The Morgan fingerprint density at radius 2 is 1.73 bits per heavy atom. The molecule has 0 aliphatic heterocycles. The maximum absolute atomic E-state index is 12.5. The first-order valence-corrected chi connectivity index (χ1v) is 8.23. The molecule has 26 heavy (non-hydrogen) atoms. The number of carbonyl (C=O) groups is 2. The number of methoxy groups -OCH3 is 1. The Morgan fingerprint density at radius 3 is 2.27 bits per heavy atom. The number of benzene rings is 2. The van der Waals surface area contributed by atoms with Crippen molar-refractivity contribution in [2.24, 2.45) is 5.73 Å². The number of carbonyl (C=O) groups excluding carboxylic acids is 2. The summed E-state index contributed by atoms with van der Waals surface area (Å²) in [5.74, 6) is -0.0145. The zero-order chi connectivity index (χ0) is 19.3. The standard InChI is InChI=1S/C20H24N2O4/c1-20(2,3)26-18(23)17(22-19(21)24)14-10-11-15(16(12-14)25-4)13-8-6-5-7-9-13/h5-12,17H,1-4H3,(H3,21,22,24). The quantitative estimate of drug-likeness (QED) is 0.803. The summed E-state index contributed by atoms with van der Waals surface area (Å²) in [4.78, 5) is 23.9. The Labute approximate surface area is 153 Å². The molecule has 0 aromatic heterocycles. The lowest BCUT2D eigenvalue weighted by atomic mass is 9.99. The van der Waals surface area contributed by atoms with Gasteiger partial charge in [-0.05, 0) is 38.0 Å². The van der Waals surface area contributed by atoms with Gasteiger partial charge in [-0.1, -0.05) is 42.5 Å². The number of hydrogen-bond acceptors (Lipinski definition) is 4. The van der Waals surface area contributed by atoms with Crippen molar-refractivity contribution in [1.82, 2.24) is 5.32 Å². The summed E-state index contributed by atoms with van der Waals surface area (Å²) in [6.07, 6.45) is 0. The number of amides is 2. The van der Waals surface area contributed by atoms with Gasteiger partial charge in [-0.3, -0.25) is 0 Å². The van der Waals surface area contributed by atoms with Gasteiger partial charge in [0, 0.05) is 5.56 Å². The van der Waals surface area contributed by atoms with Crippen molar-refractivity contribution in [1.29, 1.82) is 0 Å². The van der Waals surface area contributed by atoms with Crippen molar-refractivity contribution >= 4 is 12.0 Å². The Morgan fingerprint density at radius 1 is 1.08 bits per heavy atom. The van der Waals surface area contributed by atoms with Crippen LogP contribution in [0.15, 0.2) is 48.5 Å². The molecule has 0 bridgehead atoms. The molecule has 0 aliphatic carbocycles. The second-order valence-corrected chi connectivity index (χ2v) is 6.80. The first kappa shape index (κ1) is 19.3. The molecule has 2 rings (SSSR count). The number of urea groups is 1. The number of esters is 1. The summed E-state index contributed by atoms with van der Waals surface area (Å²) in [7, 11) is 1.55. The number of nitrogens with one attached hydrogen (secondary N) is 1. The lowest BCUT2D eigenvalue weighted by Gasteiger charge is -2.25. The molecule has 0 heterocycles. The first-order chi connectivity index (χ1) is 12.2. The van der Waals surface area contributed by atoms with Gasteiger partial charge in [-0.15, -0.1) is 0 Å². The van der Waals surface area contributed by atoms with Crippen molar-refractivity contribution in [2.45, 2.75) is 32.4 Å². The molecule has 6 heteroatoms. The predicted octanol–water partition coefficient (Wildman–Crippen LogP) is 3.41. The minimum Gasteiger partial charge on any atom is -0.496 e. The number of hydrogen-bond donors (Lipinski definition) is 2. The smallest absolute Gasteiger partial charge is 0.333 e. The molecule has 0 saturated carbocycles. The van der Waals surface area contributed by atoms with Crippen LogP contribution in [0.2, 0.25) is 0 Å². The Balaban J connectivity index is 2.42. The van der Waals surface area contributed by atoms with Gasteiger partial charge in [-0.2, -0.15) is 0 Å². The van der Waals surface area contributed by atoms with E-state index in [0.717, 1.165) is 11.1 Å². The Bertz CT molecular complexity index is 782. The highest BCUT2D eigenvalue weighted by molar-refractivity contribution is 5.85. The largest absolute Gasteiger partial charge is 0.496 e. The van der Waals surface area contributed by atoms with Crippen molar-refractivity contribution < 1.29 is 19.1 Å². The third kappa shape index (κ3) is 4.99. The molecular weight excluding hydrogens is 332 g/mol. The summed E-state index contributed by atoms with van der Waals surface area (Å²) >= 11 is 0. The number of ether oxygens (including phenoxy) is 2. The molecule has 3 N–H and O–H groups in total. The average molecular weight is 356 g/mol. The van der Waals surface area contributed by atoms with E-state index in [1.54, 1.807) is 40.0 Å². The van der Waals surface area contributed by atoms with E-state index in [9.17, 15) is 9.59 Å². The second-order valence-electron chi connectivity index (χ2n) is 6.80. The van der Waals surface area contributed by atoms with Gasteiger partial charge < -0.3 is 20.5 Å². The molecule has 2 aromatic carbocycles. The maximum atomic E-state index is 12.5. The molecule has 1 atom stereocenters. The normalized spacial score (nSPS) is 12.2. The van der Waals surface area contributed by atoms with Crippen LogP contribution in [0.4, 0.5) is 4.79 Å². The molecule has 6 nitrogen and oxygen atoms in total. The summed E-state index contributed by atoms with van der Waals surface area (Å²) in [6.45, 7) is 5.27. The van der Waals surface area contributed by atoms with E-state index in [0.29, 0.717) is 11.3 Å². The van der Waals surface area contributed by atoms with E-state index in [2.05, 4.69) is 5.32 Å². The molecule has 0 saturated heterocycles. The van der Waals surface area contributed by atoms with Crippen LogP contribution >= 0.6 is 0 Å². The maximum Gasteiger partial charge on any atom is 0.333 e. The summed E-state index contributed by atoms with van der Waals surface area (Å²) in [5.41, 5.74) is 6.92. The Hall–Kier alpha value is -3.02. The molecule has 2 amide bonds. The van der Waals surface area contributed by atoms with E-state index in [1.165, 1.54) is 0 Å². The molecule has 0 radical (unpaired) electrons. The van der Waals surface area contributed by atoms with Gasteiger partial charge in [0.2, 0.25) is 0 Å². The van der Waals surface area contributed by atoms with E-state index in [1.807, 2.05) is 36.4 Å². The van der Waals surface area contributed by atoms with Crippen molar-refractivity contribution in [3.05, 3.63) is 54.1 Å².